The number of hydrogen-bond donors (Lipinski definition) is 0. The summed E-state index contributed by atoms with van der Waals surface area (Å²) >= 11 is 0. The molecule has 0 saturated heterocycles. The zero-order chi connectivity index (χ0) is 25.8. The highest BCUT2D eigenvalue weighted by Gasteiger charge is 2.33. The number of esters is 1. The third-order valence-corrected chi connectivity index (χ3v) is 4.79. The highest BCUT2D eigenvalue weighted by Crippen LogP contribution is 2.36. The van der Waals surface area contributed by atoms with Gasteiger partial charge in [-0.1, -0.05) is 13.5 Å². The number of carbonyl (C=O) groups is 1. The molecule has 0 bridgehead atoms. The SMILES string of the molecule is C=C(C)C(=O)OCC(C)COc1ccc2cc(-c3ccc(OC)cc3OC(F)(F)F)c(=O)oc2c1. The van der Waals surface area contributed by atoms with Crippen molar-refractivity contribution in [1.29, 1.82) is 0 Å². The first-order valence-corrected chi connectivity index (χ1v) is 10.4. The predicted octanol–water partition coefficient (Wildman–Crippen LogP) is 5.50. The van der Waals surface area contributed by atoms with Crippen molar-refractivity contribution in [2.75, 3.05) is 20.3 Å². The molecule has 2 aromatic carbocycles. The number of alkyl halides is 3. The maximum Gasteiger partial charge on any atom is 0.573 e. The molecule has 0 spiro atoms. The van der Waals surface area contributed by atoms with Crippen molar-refractivity contribution in [2.24, 2.45) is 5.92 Å². The molecule has 1 unspecified atom stereocenters. The third-order valence-electron chi connectivity index (χ3n) is 4.79. The minimum absolute atomic E-state index is 0.0998. The molecule has 1 atom stereocenters. The summed E-state index contributed by atoms with van der Waals surface area (Å²) in [5, 5.41) is 0.462. The average Bonchev–Trinajstić information content (AvgIpc) is 2.79. The van der Waals surface area contributed by atoms with Gasteiger partial charge in [-0.3, -0.25) is 0 Å². The normalized spacial score (nSPS) is 12.2. The van der Waals surface area contributed by atoms with Gasteiger partial charge in [0.25, 0.3) is 0 Å². The number of carbonyl (C=O) groups excluding carboxylic acids is 1. The minimum atomic E-state index is -4.97. The van der Waals surface area contributed by atoms with Crippen molar-refractivity contribution in [3.63, 3.8) is 0 Å². The summed E-state index contributed by atoms with van der Waals surface area (Å²) in [5.74, 6) is -0.670. The second-order valence-electron chi connectivity index (χ2n) is 7.85. The number of halogens is 3. The standard InChI is InChI=1S/C25H23F3O7/c1-14(2)23(29)33-13-15(3)12-32-18-6-5-16-9-20(24(30)34-21(16)11-18)19-8-7-17(31-4)10-22(19)35-25(26,27)28/h5-11,15H,1,12-13H2,2-4H3. The number of ether oxygens (including phenoxy) is 4. The van der Waals surface area contributed by atoms with E-state index in [0.29, 0.717) is 16.7 Å². The van der Waals surface area contributed by atoms with Crippen LogP contribution in [0.25, 0.3) is 22.1 Å². The summed E-state index contributed by atoms with van der Waals surface area (Å²) in [6.45, 7) is 7.26. The molecule has 186 valence electrons. The van der Waals surface area contributed by atoms with Crippen LogP contribution in [0.3, 0.4) is 0 Å². The Labute approximate surface area is 198 Å². The molecule has 3 aromatic rings. The zero-order valence-corrected chi connectivity index (χ0v) is 19.2. The molecule has 7 nitrogen and oxygen atoms in total. The summed E-state index contributed by atoms with van der Waals surface area (Å²) in [6, 6.07) is 9.88. The molecular formula is C25H23F3O7. The Morgan fingerprint density at radius 1 is 1.06 bits per heavy atom. The van der Waals surface area contributed by atoms with E-state index in [1.54, 1.807) is 19.1 Å². The van der Waals surface area contributed by atoms with Gasteiger partial charge < -0.3 is 23.4 Å². The maximum absolute atomic E-state index is 12.9. The first-order valence-electron chi connectivity index (χ1n) is 10.4. The van der Waals surface area contributed by atoms with Crippen LogP contribution < -0.4 is 19.8 Å². The maximum atomic E-state index is 12.9. The first-order chi connectivity index (χ1) is 16.5. The molecule has 0 fully saturated rings. The monoisotopic (exact) mass is 492 g/mol. The predicted molar refractivity (Wildman–Crippen MR) is 122 cm³/mol. The molecule has 0 saturated carbocycles. The van der Waals surface area contributed by atoms with Crippen molar-refractivity contribution < 1.29 is 41.3 Å². The van der Waals surface area contributed by atoms with Gasteiger partial charge in [0.05, 0.1) is 25.9 Å². The summed E-state index contributed by atoms with van der Waals surface area (Å²) in [7, 11) is 1.30. The van der Waals surface area contributed by atoms with Gasteiger partial charge >= 0.3 is 18.0 Å². The lowest BCUT2D eigenvalue weighted by molar-refractivity contribution is -0.274. The van der Waals surface area contributed by atoms with E-state index in [-0.39, 0.29) is 41.6 Å². The van der Waals surface area contributed by atoms with Gasteiger partial charge in [-0.2, -0.15) is 0 Å². The summed E-state index contributed by atoms with van der Waals surface area (Å²) < 4.78 is 63.9. The molecule has 3 rings (SSSR count). The van der Waals surface area contributed by atoms with Gasteiger partial charge in [0, 0.05) is 34.6 Å². The van der Waals surface area contributed by atoms with E-state index in [2.05, 4.69) is 11.3 Å². The largest absolute Gasteiger partial charge is 0.573 e. The quantitative estimate of drug-likeness (QED) is 0.222. The van der Waals surface area contributed by atoms with E-state index >= 15 is 0 Å². The number of fused-ring (bicyclic) bond motifs is 1. The van der Waals surface area contributed by atoms with Gasteiger partial charge in [-0.25, -0.2) is 9.59 Å². The molecule has 0 amide bonds. The number of methoxy groups -OCH3 is 1. The van der Waals surface area contributed by atoms with E-state index in [4.69, 9.17) is 18.6 Å². The molecule has 0 aliphatic rings. The Hall–Kier alpha value is -3.95. The van der Waals surface area contributed by atoms with E-state index in [1.807, 2.05) is 6.92 Å². The molecule has 10 heteroatoms. The summed E-state index contributed by atoms with van der Waals surface area (Å²) in [6.07, 6.45) is -4.97. The average molecular weight is 492 g/mol. The number of rotatable bonds is 9. The lowest BCUT2D eigenvalue weighted by Crippen LogP contribution is -2.18. The van der Waals surface area contributed by atoms with Gasteiger partial charge in [-0.15, -0.1) is 13.2 Å². The lowest BCUT2D eigenvalue weighted by Gasteiger charge is -2.15. The van der Waals surface area contributed by atoms with Crippen LogP contribution >= 0.6 is 0 Å². The van der Waals surface area contributed by atoms with Crippen molar-refractivity contribution in [1.82, 2.24) is 0 Å². The van der Waals surface area contributed by atoms with Crippen LogP contribution in [0.5, 0.6) is 17.2 Å². The Morgan fingerprint density at radius 2 is 1.77 bits per heavy atom. The van der Waals surface area contributed by atoms with Gasteiger partial charge in [0.1, 0.15) is 22.8 Å². The van der Waals surface area contributed by atoms with E-state index in [1.165, 1.54) is 31.4 Å². The highest BCUT2D eigenvalue weighted by molar-refractivity contribution is 5.87. The number of hydrogen-bond acceptors (Lipinski definition) is 7. The van der Waals surface area contributed by atoms with Gasteiger partial charge in [0.2, 0.25) is 0 Å². The van der Waals surface area contributed by atoms with Crippen molar-refractivity contribution >= 4 is 16.9 Å². The Kier molecular flexibility index (Phi) is 7.73. The molecule has 35 heavy (non-hydrogen) atoms. The molecule has 0 aliphatic heterocycles. The van der Waals surface area contributed by atoms with Crippen molar-refractivity contribution in [3.05, 3.63) is 65.0 Å². The Morgan fingerprint density at radius 3 is 2.43 bits per heavy atom. The van der Waals surface area contributed by atoms with Gasteiger partial charge in [-0.05, 0) is 37.3 Å². The van der Waals surface area contributed by atoms with Gasteiger partial charge in [0.15, 0.2) is 0 Å². The van der Waals surface area contributed by atoms with Crippen LogP contribution in [-0.2, 0) is 9.53 Å². The summed E-state index contributed by atoms with van der Waals surface area (Å²) in [5.41, 5.74) is -0.580. The van der Waals surface area contributed by atoms with Crippen LogP contribution in [0.2, 0.25) is 0 Å². The smallest absolute Gasteiger partial charge is 0.497 e. The fraction of sp³-hybridized carbons (Fsp3) is 0.280. The molecular weight excluding hydrogens is 469 g/mol. The molecule has 0 radical (unpaired) electrons. The number of benzene rings is 2. The fourth-order valence-electron chi connectivity index (χ4n) is 3.06. The molecule has 1 aromatic heterocycles. The lowest BCUT2D eigenvalue weighted by atomic mass is 10.0. The molecule has 0 N–H and O–H groups in total. The van der Waals surface area contributed by atoms with Crippen LogP contribution in [0, 0.1) is 5.92 Å². The highest BCUT2D eigenvalue weighted by atomic mass is 19.4. The topological polar surface area (TPSA) is 84.2 Å². The molecule has 0 aliphatic carbocycles. The van der Waals surface area contributed by atoms with E-state index in [9.17, 15) is 22.8 Å². The second-order valence-corrected chi connectivity index (χ2v) is 7.85. The van der Waals surface area contributed by atoms with Crippen LogP contribution in [-0.4, -0.2) is 32.7 Å². The van der Waals surface area contributed by atoms with E-state index in [0.717, 1.165) is 6.07 Å². The third kappa shape index (κ3) is 6.78. The van der Waals surface area contributed by atoms with Crippen molar-refractivity contribution in [2.45, 2.75) is 20.2 Å². The summed E-state index contributed by atoms with van der Waals surface area (Å²) in [4.78, 5) is 24.1. The van der Waals surface area contributed by atoms with Crippen LogP contribution in [0.15, 0.2) is 63.8 Å². The molecule has 1 heterocycles. The van der Waals surface area contributed by atoms with E-state index < -0.39 is 23.7 Å². The first kappa shape index (κ1) is 25.7. The van der Waals surface area contributed by atoms with Crippen LogP contribution in [0.4, 0.5) is 13.2 Å². The Balaban J connectivity index is 1.83. The minimum Gasteiger partial charge on any atom is -0.497 e. The zero-order valence-electron chi connectivity index (χ0n) is 19.2. The van der Waals surface area contributed by atoms with Crippen molar-refractivity contribution in [3.8, 4) is 28.4 Å². The Bertz CT molecular complexity index is 1290. The van der Waals surface area contributed by atoms with Crippen LogP contribution in [0.1, 0.15) is 13.8 Å². The fourth-order valence-corrected chi connectivity index (χ4v) is 3.06. The second kappa shape index (κ2) is 10.5.